The zero-order valence-corrected chi connectivity index (χ0v) is 9.77. The van der Waals surface area contributed by atoms with Gasteiger partial charge in [-0.05, 0) is 19.4 Å². The maximum absolute atomic E-state index is 5.27. The summed E-state index contributed by atoms with van der Waals surface area (Å²) >= 11 is 1.93. The monoisotopic (exact) mass is 210 g/mol. The third kappa shape index (κ3) is 4.68. The van der Waals surface area contributed by atoms with Crippen molar-refractivity contribution in [3.8, 4) is 0 Å². The SMILES string of the molecule is CCOCCSCc1ccc(C)cc1. The highest BCUT2D eigenvalue weighted by atomic mass is 32.2. The zero-order chi connectivity index (χ0) is 10.2. The van der Waals surface area contributed by atoms with Gasteiger partial charge in [-0.25, -0.2) is 0 Å². The lowest BCUT2D eigenvalue weighted by molar-refractivity contribution is 0.164. The molecule has 1 nitrogen and oxygen atoms in total. The summed E-state index contributed by atoms with van der Waals surface area (Å²) in [6.45, 7) is 5.84. The lowest BCUT2D eigenvalue weighted by atomic mass is 10.2. The van der Waals surface area contributed by atoms with Crippen LogP contribution in [0.15, 0.2) is 24.3 Å². The molecule has 78 valence electrons. The van der Waals surface area contributed by atoms with Crippen molar-refractivity contribution in [2.45, 2.75) is 19.6 Å². The second kappa shape index (κ2) is 6.91. The van der Waals surface area contributed by atoms with Gasteiger partial charge in [-0.1, -0.05) is 29.8 Å². The van der Waals surface area contributed by atoms with Crippen LogP contribution >= 0.6 is 11.8 Å². The van der Waals surface area contributed by atoms with Gasteiger partial charge in [-0.15, -0.1) is 0 Å². The molecule has 2 heteroatoms. The van der Waals surface area contributed by atoms with Crippen LogP contribution in [0.1, 0.15) is 18.1 Å². The minimum atomic E-state index is 0.824. The number of ether oxygens (including phenoxy) is 1. The fourth-order valence-corrected chi connectivity index (χ4v) is 1.94. The molecular formula is C12H18OS. The number of benzene rings is 1. The Balaban J connectivity index is 2.15. The molecule has 1 aromatic rings. The molecule has 0 amide bonds. The van der Waals surface area contributed by atoms with Crippen molar-refractivity contribution in [3.05, 3.63) is 35.4 Å². The third-order valence-electron chi connectivity index (χ3n) is 1.97. The fraction of sp³-hybridized carbons (Fsp3) is 0.500. The van der Waals surface area contributed by atoms with E-state index >= 15 is 0 Å². The van der Waals surface area contributed by atoms with Crippen molar-refractivity contribution in [2.24, 2.45) is 0 Å². The summed E-state index contributed by atoms with van der Waals surface area (Å²) in [6.07, 6.45) is 0. The first-order chi connectivity index (χ1) is 6.83. The van der Waals surface area contributed by atoms with Gasteiger partial charge in [0.25, 0.3) is 0 Å². The van der Waals surface area contributed by atoms with Gasteiger partial charge in [0.15, 0.2) is 0 Å². The molecule has 1 rings (SSSR count). The van der Waals surface area contributed by atoms with Crippen molar-refractivity contribution < 1.29 is 4.74 Å². The van der Waals surface area contributed by atoms with Crippen LogP contribution in [-0.4, -0.2) is 19.0 Å². The van der Waals surface area contributed by atoms with Gasteiger partial charge < -0.3 is 4.74 Å². The predicted octanol–water partition coefficient (Wildman–Crippen LogP) is 3.26. The van der Waals surface area contributed by atoms with E-state index in [0.29, 0.717) is 0 Å². The second-order valence-electron chi connectivity index (χ2n) is 3.24. The highest BCUT2D eigenvalue weighted by Crippen LogP contribution is 2.12. The Morgan fingerprint density at radius 3 is 2.57 bits per heavy atom. The molecule has 0 unspecified atom stereocenters. The van der Waals surface area contributed by atoms with E-state index in [1.54, 1.807) is 0 Å². The summed E-state index contributed by atoms with van der Waals surface area (Å²) in [5.41, 5.74) is 2.73. The minimum absolute atomic E-state index is 0.824. The molecule has 0 aliphatic carbocycles. The first-order valence-corrected chi connectivity index (χ1v) is 6.19. The van der Waals surface area contributed by atoms with Crippen LogP contribution < -0.4 is 0 Å². The second-order valence-corrected chi connectivity index (χ2v) is 4.34. The summed E-state index contributed by atoms with van der Waals surface area (Å²) in [5, 5.41) is 0. The largest absolute Gasteiger partial charge is 0.381 e. The Kier molecular flexibility index (Phi) is 5.72. The molecule has 0 aromatic heterocycles. The molecule has 0 atom stereocenters. The Morgan fingerprint density at radius 2 is 1.93 bits per heavy atom. The van der Waals surface area contributed by atoms with E-state index in [0.717, 1.165) is 24.7 Å². The number of hydrogen-bond donors (Lipinski definition) is 0. The summed E-state index contributed by atoms with van der Waals surface area (Å²) < 4.78 is 5.27. The van der Waals surface area contributed by atoms with Gasteiger partial charge in [0, 0.05) is 18.1 Å². The average Bonchev–Trinajstić information content (AvgIpc) is 2.21. The number of hydrogen-bond acceptors (Lipinski definition) is 2. The topological polar surface area (TPSA) is 9.23 Å². The maximum atomic E-state index is 5.27. The molecule has 0 heterocycles. The molecule has 0 saturated heterocycles. The van der Waals surface area contributed by atoms with E-state index in [1.165, 1.54) is 11.1 Å². The van der Waals surface area contributed by atoms with Crippen molar-refractivity contribution in [1.29, 1.82) is 0 Å². The molecule has 0 aliphatic rings. The van der Waals surface area contributed by atoms with E-state index in [9.17, 15) is 0 Å². The third-order valence-corrected chi connectivity index (χ3v) is 2.96. The average molecular weight is 210 g/mol. The van der Waals surface area contributed by atoms with Crippen LogP contribution in [0.2, 0.25) is 0 Å². The van der Waals surface area contributed by atoms with Crippen LogP contribution in [-0.2, 0) is 10.5 Å². The van der Waals surface area contributed by atoms with Crippen LogP contribution in [0.4, 0.5) is 0 Å². The summed E-state index contributed by atoms with van der Waals surface area (Å²) in [5.74, 6) is 2.18. The number of rotatable bonds is 6. The maximum Gasteiger partial charge on any atom is 0.0556 e. The van der Waals surface area contributed by atoms with E-state index < -0.39 is 0 Å². The van der Waals surface area contributed by atoms with Gasteiger partial charge in [0.1, 0.15) is 0 Å². The molecule has 0 fully saturated rings. The Labute approximate surface area is 90.9 Å². The molecular weight excluding hydrogens is 192 g/mol. The van der Waals surface area contributed by atoms with Gasteiger partial charge in [-0.3, -0.25) is 0 Å². The molecule has 0 spiro atoms. The van der Waals surface area contributed by atoms with E-state index in [1.807, 2.05) is 18.7 Å². The van der Waals surface area contributed by atoms with E-state index in [4.69, 9.17) is 4.74 Å². The standard InChI is InChI=1S/C12H18OS/c1-3-13-8-9-14-10-12-6-4-11(2)5-7-12/h4-7H,3,8-10H2,1-2H3. The first kappa shape index (κ1) is 11.6. The highest BCUT2D eigenvalue weighted by Gasteiger charge is 1.93. The molecule has 0 N–H and O–H groups in total. The normalized spacial score (nSPS) is 10.4. The summed E-state index contributed by atoms with van der Waals surface area (Å²) in [7, 11) is 0. The zero-order valence-electron chi connectivity index (χ0n) is 8.95. The number of thioether (sulfide) groups is 1. The molecule has 0 saturated carbocycles. The molecule has 0 bridgehead atoms. The molecule has 0 aliphatic heterocycles. The lowest BCUT2D eigenvalue weighted by Gasteiger charge is -2.02. The lowest BCUT2D eigenvalue weighted by Crippen LogP contribution is -1.96. The summed E-state index contributed by atoms with van der Waals surface area (Å²) in [4.78, 5) is 0. The van der Waals surface area contributed by atoms with Crippen molar-refractivity contribution in [1.82, 2.24) is 0 Å². The van der Waals surface area contributed by atoms with Gasteiger partial charge in [0.2, 0.25) is 0 Å². The first-order valence-electron chi connectivity index (χ1n) is 5.04. The molecule has 0 radical (unpaired) electrons. The van der Waals surface area contributed by atoms with Crippen LogP contribution in [0.5, 0.6) is 0 Å². The molecule has 1 aromatic carbocycles. The smallest absolute Gasteiger partial charge is 0.0556 e. The Hall–Kier alpha value is -0.470. The quantitative estimate of drug-likeness (QED) is 0.666. The number of aryl methyl sites for hydroxylation is 1. The van der Waals surface area contributed by atoms with Gasteiger partial charge >= 0.3 is 0 Å². The van der Waals surface area contributed by atoms with Crippen LogP contribution in [0, 0.1) is 6.92 Å². The van der Waals surface area contributed by atoms with Crippen molar-refractivity contribution in [2.75, 3.05) is 19.0 Å². The van der Waals surface area contributed by atoms with Crippen LogP contribution in [0.3, 0.4) is 0 Å². The Morgan fingerprint density at radius 1 is 1.21 bits per heavy atom. The van der Waals surface area contributed by atoms with Crippen molar-refractivity contribution >= 4 is 11.8 Å². The Bertz CT molecular complexity index is 243. The van der Waals surface area contributed by atoms with Crippen molar-refractivity contribution in [3.63, 3.8) is 0 Å². The van der Waals surface area contributed by atoms with Gasteiger partial charge in [0.05, 0.1) is 6.61 Å². The van der Waals surface area contributed by atoms with Gasteiger partial charge in [-0.2, -0.15) is 11.8 Å². The summed E-state index contributed by atoms with van der Waals surface area (Å²) in [6, 6.07) is 8.73. The fourth-order valence-electron chi connectivity index (χ4n) is 1.14. The predicted molar refractivity (Wildman–Crippen MR) is 63.8 cm³/mol. The highest BCUT2D eigenvalue weighted by molar-refractivity contribution is 7.98. The molecule has 14 heavy (non-hydrogen) atoms. The van der Waals surface area contributed by atoms with E-state index in [-0.39, 0.29) is 0 Å². The van der Waals surface area contributed by atoms with Crippen LogP contribution in [0.25, 0.3) is 0 Å². The minimum Gasteiger partial charge on any atom is -0.381 e. The van der Waals surface area contributed by atoms with E-state index in [2.05, 4.69) is 31.2 Å².